The van der Waals surface area contributed by atoms with Crippen molar-refractivity contribution in [3.05, 3.63) is 132 Å². The Hall–Kier alpha value is -5.03. The molecule has 4 aliphatic heterocycles. The fourth-order valence-electron chi connectivity index (χ4n) is 10.7. The number of fused-ring (bicyclic) bond motifs is 14. The van der Waals surface area contributed by atoms with Gasteiger partial charge in [-0.1, -0.05) is 149 Å². The number of hydrogen-bond acceptors (Lipinski definition) is 2. The van der Waals surface area contributed by atoms with E-state index in [4.69, 9.17) is 0 Å². The van der Waals surface area contributed by atoms with Crippen LogP contribution in [-0.2, 0) is 10.8 Å². The van der Waals surface area contributed by atoms with Crippen LogP contribution < -0.4 is 32.8 Å². The molecule has 2 nitrogen and oxygen atoms in total. The fraction of sp³-hybridized carbons (Fsp3) is 0.160. The van der Waals surface area contributed by atoms with Gasteiger partial charge in [-0.15, -0.1) is 0 Å². The van der Waals surface area contributed by atoms with Crippen molar-refractivity contribution in [2.45, 2.75) is 72.0 Å². The summed E-state index contributed by atoms with van der Waals surface area (Å²) in [6.45, 7) is 14.4. The summed E-state index contributed by atoms with van der Waals surface area (Å²) >= 11 is 3.88. The van der Waals surface area contributed by atoms with E-state index in [0.717, 1.165) is 0 Å². The van der Waals surface area contributed by atoms with Crippen molar-refractivity contribution in [3.63, 3.8) is 0 Å². The molecule has 0 spiro atoms. The molecule has 266 valence electrons. The molecule has 7 aromatic carbocycles. The van der Waals surface area contributed by atoms with Crippen molar-refractivity contribution in [1.82, 2.24) is 9.13 Å². The molecule has 0 unspecified atom stereocenters. The first kappa shape index (κ1) is 32.1. The van der Waals surface area contributed by atoms with Crippen LogP contribution in [0.3, 0.4) is 0 Å². The van der Waals surface area contributed by atoms with Gasteiger partial charge in [-0.05, 0) is 92.3 Å². The molecule has 0 N–H and O–H groups in total. The summed E-state index contributed by atoms with van der Waals surface area (Å²) in [5.74, 6) is 0. The Balaban J connectivity index is 1.13. The van der Waals surface area contributed by atoms with Gasteiger partial charge in [0.15, 0.2) is 0 Å². The Labute approximate surface area is 336 Å². The molecule has 0 saturated carbocycles. The number of rotatable bonds is 0. The summed E-state index contributed by atoms with van der Waals surface area (Å²) < 4.78 is 5.23. The van der Waals surface area contributed by atoms with Crippen molar-refractivity contribution in [2.75, 3.05) is 0 Å². The molecule has 0 amide bonds. The molecule has 0 bridgehead atoms. The minimum atomic E-state index is 0.0791. The average Bonchev–Trinajstić information content (AvgIpc) is 3.69. The monoisotopic (exact) mass is 752 g/mol. The Morgan fingerprint density at radius 2 is 0.857 bits per heavy atom. The lowest BCUT2D eigenvalue weighted by Crippen LogP contribution is -2.58. The van der Waals surface area contributed by atoms with E-state index in [1.165, 1.54) is 118 Å². The molecule has 9 aromatic rings. The van der Waals surface area contributed by atoms with Crippen LogP contribution in [-0.4, -0.2) is 22.6 Å². The summed E-state index contributed by atoms with van der Waals surface area (Å²) in [5, 5.41) is 5.34. The number of aromatic nitrogens is 2. The standard InChI is InChI=1S/C50H38B2N2S2/c1-49(2,3)27-19-21-41-35(23-27)51-33-13-7-11-29-31-25-32-30-12-8-14-34-48(30)54(40(32)26-39(31)53(47(29)33)37-15-9-17-43(55-41)45(37)51)38-16-10-18-44-46(38)52(34)36-24-28(50(4,5)6)20-22-42(36)56-44/h7-26H,1-6H3. The summed E-state index contributed by atoms with van der Waals surface area (Å²) in [6.07, 6.45) is 0. The van der Waals surface area contributed by atoms with Crippen LogP contribution in [0.1, 0.15) is 52.7 Å². The average molecular weight is 753 g/mol. The highest BCUT2D eigenvalue weighted by atomic mass is 32.2. The third-order valence-electron chi connectivity index (χ3n) is 13.3. The van der Waals surface area contributed by atoms with Gasteiger partial charge >= 0.3 is 0 Å². The zero-order chi connectivity index (χ0) is 37.6. The normalized spacial score (nSPS) is 14.8. The second kappa shape index (κ2) is 10.5. The van der Waals surface area contributed by atoms with Gasteiger partial charge in [0.05, 0.1) is 11.0 Å². The van der Waals surface area contributed by atoms with Gasteiger partial charge in [-0.3, -0.25) is 0 Å². The summed E-state index contributed by atoms with van der Waals surface area (Å²) in [4.78, 5) is 5.50. The van der Waals surface area contributed by atoms with Crippen molar-refractivity contribution >= 4 is 113 Å². The first-order valence-corrected chi connectivity index (χ1v) is 21.6. The smallest absolute Gasteiger partial charge is 0.249 e. The van der Waals surface area contributed by atoms with Gasteiger partial charge in [0, 0.05) is 63.5 Å². The molecule has 0 aliphatic carbocycles. The van der Waals surface area contributed by atoms with E-state index in [0.29, 0.717) is 0 Å². The Morgan fingerprint density at radius 3 is 1.30 bits per heavy atom. The van der Waals surface area contributed by atoms with E-state index in [-0.39, 0.29) is 24.3 Å². The highest BCUT2D eigenvalue weighted by molar-refractivity contribution is 8.00. The molecule has 0 saturated heterocycles. The van der Waals surface area contributed by atoms with Crippen molar-refractivity contribution in [3.8, 4) is 11.4 Å². The first-order valence-electron chi connectivity index (χ1n) is 20.0. The molecule has 0 atom stereocenters. The zero-order valence-electron chi connectivity index (χ0n) is 32.4. The number of benzene rings is 7. The van der Waals surface area contributed by atoms with Crippen molar-refractivity contribution < 1.29 is 0 Å². The highest BCUT2D eigenvalue weighted by Crippen LogP contribution is 2.44. The van der Waals surface area contributed by atoms with E-state index in [9.17, 15) is 0 Å². The molecular formula is C50H38B2N2S2. The molecule has 6 heterocycles. The number of hydrogen-bond donors (Lipinski definition) is 0. The van der Waals surface area contributed by atoms with Crippen molar-refractivity contribution in [2.24, 2.45) is 0 Å². The zero-order valence-corrected chi connectivity index (χ0v) is 34.0. The van der Waals surface area contributed by atoms with Gasteiger partial charge < -0.3 is 9.13 Å². The van der Waals surface area contributed by atoms with Crippen LogP contribution in [0.2, 0.25) is 0 Å². The SMILES string of the molecule is CC(C)(C)c1ccc2c(c1)B1c3c(cccc3-n3c4cc5c(cc4c4cccc1c43)c1cccc3c1n5-c1cccc4c1B3c1cc(C(C)(C)C)ccc1S4)S2. The number of nitrogens with zero attached hydrogens (tertiary/aromatic N) is 2. The summed E-state index contributed by atoms with van der Waals surface area (Å²) in [5.41, 5.74) is 19.5. The predicted octanol–water partition coefficient (Wildman–Crippen LogP) is 9.06. The maximum Gasteiger partial charge on any atom is 0.249 e. The lowest BCUT2D eigenvalue weighted by molar-refractivity contribution is 0.590. The van der Waals surface area contributed by atoms with Crippen LogP contribution in [0, 0.1) is 0 Å². The van der Waals surface area contributed by atoms with Gasteiger partial charge in [0.25, 0.3) is 0 Å². The van der Waals surface area contributed by atoms with Gasteiger partial charge in [0.2, 0.25) is 13.4 Å². The van der Waals surface area contributed by atoms with Crippen LogP contribution >= 0.6 is 23.5 Å². The third kappa shape index (κ3) is 3.95. The Bertz CT molecular complexity index is 3080. The van der Waals surface area contributed by atoms with Gasteiger partial charge in [-0.2, -0.15) is 0 Å². The highest BCUT2D eigenvalue weighted by Gasteiger charge is 2.42. The molecule has 6 heteroatoms. The lowest BCUT2D eigenvalue weighted by atomic mass is 9.35. The minimum absolute atomic E-state index is 0.0791. The van der Waals surface area contributed by atoms with Gasteiger partial charge in [-0.25, -0.2) is 0 Å². The van der Waals surface area contributed by atoms with E-state index >= 15 is 0 Å². The summed E-state index contributed by atoms with van der Waals surface area (Å²) in [7, 11) is 0. The van der Waals surface area contributed by atoms with Crippen LogP contribution in [0.4, 0.5) is 0 Å². The predicted molar refractivity (Wildman–Crippen MR) is 243 cm³/mol. The molecule has 0 radical (unpaired) electrons. The number of para-hydroxylation sites is 2. The molecule has 56 heavy (non-hydrogen) atoms. The molecular weight excluding hydrogens is 714 g/mol. The maximum atomic E-state index is 2.62. The lowest BCUT2D eigenvalue weighted by Gasteiger charge is -2.34. The maximum absolute atomic E-state index is 2.62. The minimum Gasteiger partial charge on any atom is -0.310 e. The fourth-order valence-corrected chi connectivity index (χ4v) is 13.0. The first-order chi connectivity index (χ1) is 27.0. The molecule has 0 fully saturated rings. The topological polar surface area (TPSA) is 9.86 Å². The van der Waals surface area contributed by atoms with Crippen LogP contribution in [0.5, 0.6) is 0 Å². The van der Waals surface area contributed by atoms with E-state index in [1.54, 1.807) is 0 Å². The van der Waals surface area contributed by atoms with E-state index in [2.05, 4.69) is 172 Å². The van der Waals surface area contributed by atoms with Crippen LogP contribution in [0.25, 0.3) is 55.0 Å². The van der Waals surface area contributed by atoms with Gasteiger partial charge in [0.1, 0.15) is 0 Å². The second-order valence-corrected chi connectivity index (χ2v) is 20.7. The molecule has 2 aromatic heterocycles. The Morgan fingerprint density at radius 1 is 0.411 bits per heavy atom. The van der Waals surface area contributed by atoms with Crippen molar-refractivity contribution in [1.29, 1.82) is 0 Å². The molecule has 4 aliphatic rings. The largest absolute Gasteiger partial charge is 0.310 e. The Kier molecular flexibility index (Phi) is 6.00. The summed E-state index contributed by atoms with van der Waals surface area (Å²) in [6, 6.07) is 47.7. The second-order valence-electron chi connectivity index (χ2n) is 18.5. The third-order valence-corrected chi connectivity index (χ3v) is 15.7. The van der Waals surface area contributed by atoms with E-state index < -0.39 is 0 Å². The quantitative estimate of drug-likeness (QED) is 0.143. The van der Waals surface area contributed by atoms with E-state index in [1.807, 2.05) is 23.5 Å². The molecule has 13 rings (SSSR count). The van der Waals surface area contributed by atoms with Crippen LogP contribution in [0.15, 0.2) is 141 Å².